The number of hydrogen-bond donors (Lipinski definition) is 3. The predicted molar refractivity (Wildman–Crippen MR) is 55.5 cm³/mol. The van der Waals surface area contributed by atoms with E-state index in [0.29, 0.717) is 0 Å². The Morgan fingerprint density at radius 1 is 1.39 bits per heavy atom. The molecule has 8 nitrogen and oxygen atoms in total. The van der Waals surface area contributed by atoms with Gasteiger partial charge in [0, 0.05) is 5.69 Å². The van der Waals surface area contributed by atoms with Crippen LogP contribution in [0.4, 0.5) is 10.1 Å². The smallest absolute Gasteiger partial charge is 0.338 e. The molecule has 0 bridgehead atoms. The fourth-order valence-electron chi connectivity index (χ4n) is 1.21. The van der Waals surface area contributed by atoms with Crippen molar-refractivity contribution in [2.75, 3.05) is 5.32 Å². The van der Waals surface area contributed by atoms with Crippen LogP contribution in [0.25, 0.3) is 0 Å². The maximum atomic E-state index is 13.3. The van der Waals surface area contributed by atoms with Gasteiger partial charge in [0.05, 0.1) is 5.56 Å². The minimum absolute atomic E-state index is 0.0901. The number of nitrogens with one attached hydrogen (secondary N) is 2. The monoisotopic (exact) mass is 251 g/mol. The normalized spacial score (nSPS) is 10.1. The Bertz CT molecular complexity index is 598. The number of H-pyrrole nitrogens is 1. The van der Waals surface area contributed by atoms with Crippen LogP contribution in [0.1, 0.15) is 21.0 Å². The van der Waals surface area contributed by atoms with Gasteiger partial charge in [-0.2, -0.15) is 5.21 Å². The molecule has 1 aromatic heterocycles. The van der Waals surface area contributed by atoms with E-state index in [4.69, 9.17) is 5.11 Å². The summed E-state index contributed by atoms with van der Waals surface area (Å²) in [6.07, 6.45) is 0. The summed E-state index contributed by atoms with van der Waals surface area (Å²) in [5.74, 6) is -3.24. The molecule has 18 heavy (non-hydrogen) atoms. The van der Waals surface area contributed by atoms with Gasteiger partial charge in [-0.3, -0.25) is 4.79 Å². The lowest BCUT2D eigenvalue weighted by atomic mass is 10.2. The average molecular weight is 251 g/mol. The molecule has 0 saturated carbocycles. The Morgan fingerprint density at radius 2 is 2.17 bits per heavy atom. The maximum Gasteiger partial charge on any atom is 0.338 e. The number of aromatic nitrogens is 4. The first-order chi connectivity index (χ1) is 8.58. The van der Waals surface area contributed by atoms with E-state index in [1.165, 1.54) is 6.07 Å². The molecule has 1 heterocycles. The highest BCUT2D eigenvalue weighted by Gasteiger charge is 2.14. The van der Waals surface area contributed by atoms with Gasteiger partial charge in [0.25, 0.3) is 11.7 Å². The number of halogens is 1. The summed E-state index contributed by atoms with van der Waals surface area (Å²) in [7, 11) is 0. The molecule has 1 amide bonds. The summed E-state index contributed by atoms with van der Waals surface area (Å²) >= 11 is 0. The number of anilines is 1. The first-order valence-electron chi connectivity index (χ1n) is 4.65. The van der Waals surface area contributed by atoms with E-state index in [2.05, 4.69) is 25.9 Å². The van der Waals surface area contributed by atoms with Crippen LogP contribution in [0, 0.1) is 5.82 Å². The summed E-state index contributed by atoms with van der Waals surface area (Å²) in [6, 6.07) is 3.19. The molecule has 9 heteroatoms. The highest BCUT2D eigenvalue weighted by Crippen LogP contribution is 2.14. The minimum atomic E-state index is -1.39. The van der Waals surface area contributed by atoms with Crippen molar-refractivity contribution in [3.63, 3.8) is 0 Å². The molecule has 0 spiro atoms. The Labute approximate surface area is 98.8 Å². The number of nitrogens with zero attached hydrogens (tertiary/aromatic N) is 3. The summed E-state index contributed by atoms with van der Waals surface area (Å²) in [5, 5.41) is 23.1. The van der Waals surface area contributed by atoms with Crippen molar-refractivity contribution >= 4 is 17.6 Å². The van der Waals surface area contributed by atoms with E-state index in [1.54, 1.807) is 0 Å². The van der Waals surface area contributed by atoms with Crippen molar-refractivity contribution in [1.82, 2.24) is 20.6 Å². The van der Waals surface area contributed by atoms with Gasteiger partial charge in [-0.05, 0) is 23.4 Å². The first-order valence-corrected chi connectivity index (χ1v) is 4.65. The third kappa shape index (κ3) is 2.29. The highest BCUT2D eigenvalue weighted by molar-refractivity contribution is 6.01. The Hall–Kier alpha value is -2.84. The Kier molecular flexibility index (Phi) is 2.96. The molecule has 0 radical (unpaired) electrons. The van der Waals surface area contributed by atoms with Crippen molar-refractivity contribution in [1.29, 1.82) is 0 Å². The van der Waals surface area contributed by atoms with E-state index in [0.717, 1.165) is 12.1 Å². The molecule has 0 atom stereocenters. The van der Waals surface area contributed by atoms with Crippen molar-refractivity contribution in [3.8, 4) is 0 Å². The summed E-state index contributed by atoms with van der Waals surface area (Å²) in [5.41, 5.74) is -0.389. The van der Waals surface area contributed by atoms with Gasteiger partial charge in [-0.1, -0.05) is 0 Å². The van der Waals surface area contributed by atoms with Crippen LogP contribution in [0.2, 0.25) is 0 Å². The number of tetrazole rings is 1. The number of aromatic carboxylic acids is 1. The lowest BCUT2D eigenvalue weighted by Crippen LogP contribution is -2.14. The molecular formula is C9H6FN5O3. The van der Waals surface area contributed by atoms with Gasteiger partial charge in [-0.25, -0.2) is 9.18 Å². The molecule has 2 rings (SSSR count). The molecule has 1 aromatic carbocycles. The quantitative estimate of drug-likeness (QED) is 0.720. The van der Waals surface area contributed by atoms with Crippen molar-refractivity contribution in [2.45, 2.75) is 0 Å². The van der Waals surface area contributed by atoms with E-state index in [1.807, 2.05) is 0 Å². The predicted octanol–water partition coefficient (Wildman–Crippen LogP) is 0.289. The fraction of sp³-hybridized carbons (Fsp3) is 0. The van der Waals surface area contributed by atoms with Gasteiger partial charge >= 0.3 is 5.97 Å². The van der Waals surface area contributed by atoms with E-state index in [9.17, 15) is 14.0 Å². The van der Waals surface area contributed by atoms with Crippen molar-refractivity contribution < 1.29 is 19.1 Å². The second kappa shape index (κ2) is 4.57. The largest absolute Gasteiger partial charge is 0.478 e. The Morgan fingerprint density at radius 3 is 2.72 bits per heavy atom. The van der Waals surface area contributed by atoms with Crippen molar-refractivity contribution in [3.05, 3.63) is 35.4 Å². The number of carboxylic acids is 1. The second-order valence-corrected chi connectivity index (χ2v) is 3.19. The molecule has 0 saturated heterocycles. The molecule has 0 aliphatic heterocycles. The van der Waals surface area contributed by atoms with Crippen LogP contribution >= 0.6 is 0 Å². The van der Waals surface area contributed by atoms with Crippen molar-refractivity contribution in [2.24, 2.45) is 0 Å². The number of carboxylic acid groups (broad SMARTS) is 1. The van der Waals surface area contributed by atoms with Crippen LogP contribution in [-0.2, 0) is 0 Å². The summed E-state index contributed by atoms with van der Waals surface area (Å²) in [4.78, 5) is 22.1. The minimum Gasteiger partial charge on any atom is -0.478 e. The number of carbonyl (C=O) groups is 2. The first kappa shape index (κ1) is 11.6. The van der Waals surface area contributed by atoms with Gasteiger partial charge in [0.15, 0.2) is 0 Å². The van der Waals surface area contributed by atoms with Crippen LogP contribution in [0.15, 0.2) is 18.2 Å². The maximum absolute atomic E-state index is 13.3. The lowest BCUT2D eigenvalue weighted by molar-refractivity contribution is 0.0692. The summed E-state index contributed by atoms with van der Waals surface area (Å²) in [6.45, 7) is 0. The fourth-order valence-corrected chi connectivity index (χ4v) is 1.21. The van der Waals surface area contributed by atoms with E-state index in [-0.39, 0.29) is 11.5 Å². The summed E-state index contributed by atoms with van der Waals surface area (Å²) < 4.78 is 13.3. The zero-order chi connectivity index (χ0) is 13.1. The van der Waals surface area contributed by atoms with E-state index < -0.39 is 23.3 Å². The SMILES string of the molecule is O=C(Nc1ccc(C(=O)O)c(F)c1)c1nn[nH]n1. The van der Waals surface area contributed by atoms with Crippen LogP contribution in [0.5, 0.6) is 0 Å². The average Bonchev–Trinajstić information content (AvgIpc) is 2.81. The number of rotatable bonds is 3. The molecule has 92 valence electrons. The number of carbonyl (C=O) groups excluding carboxylic acids is 1. The standard InChI is InChI=1S/C9H6FN5O3/c10-6-3-4(1-2-5(6)9(17)18)11-8(16)7-12-14-15-13-7/h1-3H,(H,11,16)(H,17,18)(H,12,13,14,15). The molecule has 2 aromatic rings. The van der Waals surface area contributed by atoms with Gasteiger partial charge in [0.1, 0.15) is 5.82 Å². The third-order valence-corrected chi connectivity index (χ3v) is 2.01. The van der Waals surface area contributed by atoms with Gasteiger partial charge < -0.3 is 10.4 Å². The van der Waals surface area contributed by atoms with Crippen LogP contribution in [-0.4, -0.2) is 37.6 Å². The van der Waals surface area contributed by atoms with Crippen LogP contribution in [0.3, 0.4) is 0 Å². The zero-order valence-electron chi connectivity index (χ0n) is 8.72. The molecule has 0 unspecified atom stereocenters. The third-order valence-electron chi connectivity index (χ3n) is 2.01. The van der Waals surface area contributed by atoms with Crippen LogP contribution < -0.4 is 5.32 Å². The molecular weight excluding hydrogens is 245 g/mol. The molecule has 0 fully saturated rings. The topological polar surface area (TPSA) is 121 Å². The number of aromatic amines is 1. The van der Waals surface area contributed by atoms with Gasteiger partial charge in [-0.15, -0.1) is 10.2 Å². The second-order valence-electron chi connectivity index (χ2n) is 3.19. The zero-order valence-corrected chi connectivity index (χ0v) is 8.72. The van der Waals surface area contributed by atoms with Gasteiger partial charge in [0.2, 0.25) is 0 Å². The number of amides is 1. The molecule has 0 aliphatic carbocycles. The van der Waals surface area contributed by atoms with E-state index >= 15 is 0 Å². The number of hydrogen-bond acceptors (Lipinski definition) is 5. The molecule has 0 aliphatic rings. The molecule has 3 N–H and O–H groups in total. The lowest BCUT2D eigenvalue weighted by Gasteiger charge is -2.03. The Balaban J connectivity index is 2.18. The highest BCUT2D eigenvalue weighted by atomic mass is 19.1. The number of benzene rings is 1.